The summed E-state index contributed by atoms with van der Waals surface area (Å²) < 4.78 is 1.06. The third-order valence-electron chi connectivity index (χ3n) is 2.79. The zero-order valence-electron chi connectivity index (χ0n) is 10.0. The van der Waals surface area contributed by atoms with Gasteiger partial charge in [0.05, 0.1) is 5.69 Å². The monoisotopic (exact) mass is 330 g/mol. The molecule has 1 aromatic heterocycles. The molecular weight excluding hydrogens is 320 g/mol. The normalized spacial score (nSPS) is 10.6. The number of hydrogen-bond donors (Lipinski definition) is 1. The molecule has 19 heavy (non-hydrogen) atoms. The number of nitrogens with zero attached hydrogens (tertiary/aromatic N) is 1. The molecule has 0 aliphatic heterocycles. The third-order valence-corrected chi connectivity index (χ3v) is 4.37. The van der Waals surface area contributed by atoms with Crippen molar-refractivity contribution in [1.29, 1.82) is 0 Å². The molecule has 0 saturated carbocycles. The first-order chi connectivity index (χ1) is 9.24. The van der Waals surface area contributed by atoms with Crippen LogP contribution in [0.1, 0.15) is 0 Å². The van der Waals surface area contributed by atoms with Gasteiger partial charge in [0.1, 0.15) is 5.01 Å². The Balaban J connectivity index is 2.03. The van der Waals surface area contributed by atoms with Gasteiger partial charge < -0.3 is 5.73 Å². The van der Waals surface area contributed by atoms with Gasteiger partial charge in [0, 0.05) is 26.7 Å². The number of nitrogen functional groups attached to an aromatic ring is 1. The molecule has 1 heterocycles. The molecule has 3 rings (SSSR count). The summed E-state index contributed by atoms with van der Waals surface area (Å²) in [5.41, 5.74) is 9.71. The lowest BCUT2D eigenvalue weighted by Gasteiger charge is -2.00. The number of nitrogens with two attached hydrogens (primary N) is 1. The summed E-state index contributed by atoms with van der Waals surface area (Å²) in [5.74, 6) is 0. The molecule has 0 aliphatic rings. The largest absolute Gasteiger partial charge is 0.399 e. The average molecular weight is 331 g/mol. The zero-order chi connectivity index (χ0) is 13.2. The maximum absolute atomic E-state index is 5.81. The highest BCUT2D eigenvalue weighted by molar-refractivity contribution is 9.10. The summed E-state index contributed by atoms with van der Waals surface area (Å²) in [6.45, 7) is 0. The Morgan fingerprint density at radius 2 is 1.89 bits per heavy atom. The van der Waals surface area contributed by atoms with Crippen molar-refractivity contribution in [2.45, 2.75) is 0 Å². The molecule has 0 amide bonds. The summed E-state index contributed by atoms with van der Waals surface area (Å²) >= 11 is 5.18. The van der Waals surface area contributed by atoms with Crippen LogP contribution in [0.5, 0.6) is 0 Å². The number of hydrogen-bond acceptors (Lipinski definition) is 3. The number of benzene rings is 2. The van der Waals surface area contributed by atoms with E-state index in [4.69, 9.17) is 5.73 Å². The molecule has 0 unspecified atom stereocenters. The summed E-state index contributed by atoms with van der Waals surface area (Å²) in [6, 6.07) is 15.9. The predicted octanol–water partition coefficient (Wildman–Crippen LogP) is 4.82. The second kappa shape index (κ2) is 5.15. The Bertz CT molecular complexity index is 721. The number of rotatable bonds is 2. The first-order valence-corrected chi connectivity index (χ1v) is 7.47. The molecule has 0 saturated heterocycles. The SMILES string of the molecule is Nc1cccc(-c2nc(-c3ccccc3Br)cs2)c1. The van der Waals surface area contributed by atoms with E-state index >= 15 is 0 Å². The van der Waals surface area contributed by atoms with E-state index in [0.29, 0.717) is 0 Å². The molecule has 0 fully saturated rings. The fourth-order valence-corrected chi connectivity index (χ4v) is 3.18. The molecule has 0 aliphatic carbocycles. The highest BCUT2D eigenvalue weighted by Crippen LogP contribution is 2.32. The summed E-state index contributed by atoms with van der Waals surface area (Å²) in [6.07, 6.45) is 0. The topological polar surface area (TPSA) is 38.9 Å². The molecule has 0 radical (unpaired) electrons. The van der Waals surface area contributed by atoms with E-state index in [1.165, 1.54) is 0 Å². The number of aromatic nitrogens is 1. The van der Waals surface area contributed by atoms with Crippen LogP contribution in [0.15, 0.2) is 58.4 Å². The van der Waals surface area contributed by atoms with Crippen LogP contribution in [0.2, 0.25) is 0 Å². The van der Waals surface area contributed by atoms with E-state index in [0.717, 1.165) is 32.0 Å². The first kappa shape index (κ1) is 12.4. The maximum atomic E-state index is 5.81. The summed E-state index contributed by atoms with van der Waals surface area (Å²) in [4.78, 5) is 4.69. The zero-order valence-corrected chi connectivity index (χ0v) is 12.4. The van der Waals surface area contributed by atoms with Crippen LogP contribution < -0.4 is 5.73 Å². The van der Waals surface area contributed by atoms with Gasteiger partial charge in [-0.05, 0) is 18.2 Å². The van der Waals surface area contributed by atoms with E-state index in [2.05, 4.69) is 32.4 Å². The maximum Gasteiger partial charge on any atom is 0.124 e. The summed E-state index contributed by atoms with van der Waals surface area (Å²) in [7, 11) is 0. The number of anilines is 1. The van der Waals surface area contributed by atoms with Crippen molar-refractivity contribution in [3.8, 4) is 21.8 Å². The standard InChI is InChI=1S/C15H11BrN2S/c16-13-7-2-1-6-12(13)14-9-19-15(18-14)10-4-3-5-11(17)8-10/h1-9H,17H2. The lowest BCUT2D eigenvalue weighted by atomic mass is 10.2. The minimum Gasteiger partial charge on any atom is -0.399 e. The smallest absolute Gasteiger partial charge is 0.124 e. The Kier molecular flexibility index (Phi) is 3.36. The van der Waals surface area contributed by atoms with Crippen molar-refractivity contribution < 1.29 is 0 Å². The van der Waals surface area contributed by atoms with Gasteiger partial charge in [-0.1, -0.05) is 46.3 Å². The quantitative estimate of drug-likeness (QED) is 0.684. The molecule has 2 aromatic carbocycles. The van der Waals surface area contributed by atoms with Crippen LogP contribution in [0.25, 0.3) is 21.8 Å². The van der Waals surface area contributed by atoms with Gasteiger partial charge in [-0.25, -0.2) is 4.98 Å². The van der Waals surface area contributed by atoms with E-state index in [1.54, 1.807) is 11.3 Å². The van der Waals surface area contributed by atoms with E-state index in [-0.39, 0.29) is 0 Å². The third kappa shape index (κ3) is 2.55. The fourth-order valence-electron chi connectivity index (χ4n) is 1.87. The van der Waals surface area contributed by atoms with Crippen LogP contribution in [-0.2, 0) is 0 Å². The van der Waals surface area contributed by atoms with Gasteiger partial charge in [-0.15, -0.1) is 11.3 Å². The van der Waals surface area contributed by atoms with E-state index in [1.807, 2.05) is 42.5 Å². The van der Waals surface area contributed by atoms with Gasteiger partial charge in [0.25, 0.3) is 0 Å². The van der Waals surface area contributed by atoms with Gasteiger partial charge >= 0.3 is 0 Å². The Labute approximate surface area is 124 Å². The Morgan fingerprint density at radius 3 is 2.68 bits per heavy atom. The van der Waals surface area contributed by atoms with Crippen molar-refractivity contribution in [3.05, 3.63) is 58.4 Å². The highest BCUT2D eigenvalue weighted by Gasteiger charge is 2.08. The number of thiazole rings is 1. The molecule has 4 heteroatoms. The van der Waals surface area contributed by atoms with Crippen LogP contribution in [0.4, 0.5) is 5.69 Å². The van der Waals surface area contributed by atoms with Gasteiger partial charge in [0.2, 0.25) is 0 Å². The Hall–Kier alpha value is -1.65. The molecule has 2 N–H and O–H groups in total. The molecule has 94 valence electrons. The number of halogens is 1. The van der Waals surface area contributed by atoms with E-state index < -0.39 is 0 Å². The lowest BCUT2D eigenvalue weighted by Crippen LogP contribution is -1.85. The molecule has 3 aromatic rings. The second-order valence-corrected chi connectivity index (χ2v) is 5.86. The fraction of sp³-hybridized carbons (Fsp3) is 0. The van der Waals surface area contributed by atoms with Crippen molar-refractivity contribution in [2.75, 3.05) is 5.73 Å². The minimum absolute atomic E-state index is 0.759. The van der Waals surface area contributed by atoms with Crippen LogP contribution in [-0.4, -0.2) is 4.98 Å². The molecule has 2 nitrogen and oxygen atoms in total. The van der Waals surface area contributed by atoms with Crippen molar-refractivity contribution in [1.82, 2.24) is 4.98 Å². The Morgan fingerprint density at radius 1 is 1.05 bits per heavy atom. The minimum atomic E-state index is 0.759. The van der Waals surface area contributed by atoms with Crippen LogP contribution in [0, 0.1) is 0 Å². The van der Waals surface area contributed by atoms with Crippen LogP contribution >= 0.6 is 27.3 Å². The summed E-state index contributed by atoms with van der Waals surface area (Å²) in [5, 5.41) is 3.05. The van der Waals surface area contributed by atoms with Crippen molar-refractivity contribution in [2.24, 2.45) is 0 Å². The molecular formula is C15H11BrN2S. The van der Waals surface area contributed by atoms with Gasteiger partial charge in [0.15, 0.2) is 0 Å². The first-order valence-electron chi connectivity index (χ1n) is 5.80. The lowest BCUT2D eigenvalue weighted by molar-refractivity contribution is 1.39. The second-order valence-electron chi connectivity index (χ2n) is 4.14. The van der Waals surface area contributed by atoms with E-state index in [9.17, 15) is 0 Å². The van der Waals surface area contributed by atoms with Crippen LogP contribution in [0.3, 0.4) is 0 Å². The van der Waals surface area contributed by atoms with Crippen molar-refractivity contribution in [3.63, 3.8) is 0 Å². The average Bonchev–Trinajstić information content (AvgIpc) is 2.89. The molecule has 0 atom stereocenters. The van der Waals surface area contributed by atoms with Crippen molar-refractivity contribution >= 4 is 33.0 Å². The molecule has 0 bridgehead atoms. The predicted molar refractivity (Wildman–Crippen MR) is 85.1 cm³/mol. The molecule has 0 spiro atoms. The van der Waals surface area contributed by atoms with Gasteiger partial charge in [-0.2, -0.15) is 0 Å². The van der Waals surface area contributed by atoms with Gasteiger partial charge in [-0.3, -0.25) is 0 Å². The highest BCUT2D eigenvalue weighted by atomic mass is 79.9.